The maximum absolute atomic E-state index is 12.3. The molecule has 2 aromatic rings. The van der Waals surface area contributed by atoms with E-state index in [1.54, 1.807) is 35.2 Å². The van der Waals surface area contributed by atoms with Crippen LogP contribution in [0.1, 0.15) is 34.7 Å². The zero-order valence-electron chi connectivity index (χ0n) is 12.5. The molecule has 0 atom stereocenters. The zero-order valence-corrected chi connectivity index (χ0v) is 13.3. The van der Waals surface area contributed by atoms with E-state index in [1.165, 1.54) is 6.20 Å². The number of carbonyl (C=O) groups excluding carboxylic acids is 2. The molecule has 2 amide bonds. The molecule has 1 aromatic carbocycles. The van der Waals surface area contributed by atoms with Crippen LogP contribution in [0.3, 0.4) is 0 Å². The number of aromatic amines is 1. The number of hydrogen-bond acceptors (Lipinski definition) is 2. The summed E-state index contributed by atoms with van der Waals surface area (Å²) in [4.78, 5) is 28.9. The van der Waals surface area contributed by atoms with Crippen LogP contribution in [0.2, 0.25) is 5.02 Å². The van der Waals surface area contributed by atoms with Crippen molar-refractivity contribution in [1.29, 1.82) is 0 Å². The van der Waals surface area contributed by atoms with Crippen molar-refractivity contribution in [3.05, 3.63) is 52.8 Å². The lowest BCUT2D eigenvalue weighted by molar-refractivity contribution is 0.0772. The second-order valence-corrected chi connectivity index (χ2v) is 5.18. The van der Waals surface area contributed by atoms with E-state index in [0.717, 1.165) is 0 Å². The summed E-state index contributed by atoms with van der Waals surface area (Å²) < 4.78 is 0. The Morgan fingerprint density at radius 3 is 2.55 bits per heavy atom. The van der Waals surface area contributed by atoms with E-state index in [2.05, 4.69) is 10.3 Å². The minimum absolute atomic E-state index is 0.0518. The van der Waals surface area contributed by atoms with Crippen molar-refractivity contribution in [1.82, 2.24) is 9.88 Å². The molecule has 0 saturated heterocycles. The molecule has 5 nitrogen and oxygen atoms in total. The molecule has 0 fully saturated rings. The van der Waals surface area contributed by atoms with Gasteiger partial charge >= 0.3 is 0 Å². The minimum Gasteiger partial charge on any atom is -0.356 e. The molecule has 0 radical (unpaired) electrons. The van der Waals surface area contributed by atoms with Gasteiger partial charge in [-0.1, -0.05) is 17.7 Å². The lowest BCUT2D eigenvalue weighted by Crippen LogP contribution is -2.30. The Morgan fingerprint density at radius 2 is 1.95 bits per heavy atom. The van der Waals surface area contributed by atoms with Gasteiger partial charge in [-0.15, -0.1) is 0 Å². The third-order valence-electron chi connectivity index (χ3n) is 3.31. The van der Waals surface area contributed by atoms with Gasteiger partial charge in [-0.2, -0.15) is 0 Å². The van der Waals surface area contributed by atoms with Crippen molar-refractivity contribution in [2.75, 3.05) is 18.4 Å². The van der Waals surface area contributed by atoms with Crippen LogP contribution in [0.15, 0.2) is 36.5 Å². The largest absolute Gasteiger partial charge is 0.356 e. The average Bonchev–Trinajstić information content (AvgIpc) is 2.95. The highest BCUT2D eigenvalue weighted by molar-refractivity contribution is 6.31. The van der Waals surface area contributed by atoms with Crippen molar-refractivity contribution in [3.8, 4) is 0 Å². The van der Waals surface area contributed by atoms with Gasteiger partial charge in [0.15, 0.2) is 0 Å². The summed E-state index contributed by atoms with van der Waals surface area (Å²) in [6, 6.07) is 8.43. The van der Waals surface area contributed by atoms with Gasteiger partial charge in [0.05, 0.1) is 5.02 Å². The maximum atomic E-state index is 12.3. The smallest absolute Gasteiger partial charge is 0.272 e. The Kier molecular flexibility index (Phi) is 5.22. The standard InChI is InChI=1S/C16H18ClN3O2/c1-3-20(4-2)16(22)11-6-5-7-13(8-11)19-15(21)14-9-12(17)10-18-14/h5-10,18H,3-4H2,1-2H3,(H,19,21). The molecular formula is C16H18ClN3O2. The molecule has 0 aliphatic carbocycles. The highest BCUT2D eigenvalue weighted by Crippen LogP contribution is 2.15. The monoisotopic (exact) mass is 319 g/mol. The lowest BCUT2D eigenvalue weighted by Gasteiger charge is -2.18. The number of carbonyl (C=O) groups is 2. The summed E-state index contributed by atoms with van der Waals surface area (Å²) in [5, 5.41) is 3.21. The number of amides is 2. The van der Waals surface area contributed by atoms with E-state index in [4.69, 9.17) is 11.6 Å². The number of nitrogens with one attached hydrogen (secondary N) is 2. The molecule has 1 heterocycles. The fourth-order valence-electron chi connectivity index (χ4n) is 2.12. The number of H-pyrrole nitrogens is 1. The SMILES string of the molecule is CCN(CC)C(=O)c1cccc(NC(=O)c2cc(Cl)c[nH]2)c1. The topological polar surface area (TPSA) is 65.2 Å². The second kappa shape index (κ2) is 7.13. The molecule has 0 bridgehead atoms. The van der Waals surface area contributed by atoms with Gasteiger partial charge in [-0.3, -0.25) is 9.59 Å². The van der Waals surface area contributed by atoms with E-state index in [0.29, 0.717) is 35.1 Å². The summed E-state index contributed by atoms with van der Waals surface area (Å²) in [5.74, 6) is -0.358. The van der Waals surface area contributed by atoms with Crippen LogP contribution in [0.5, 0.6) is 0 Å². The normalized spacial score (nSPS) is 10.3. The van der Waals surface area contributed by atoms with Crippen LogP contribution in [0.4, 0.5) is 5.69 Å². The molecule has 0 aliphatic rings. The van der Waals surface area contributed by atoms with E-state index < -0.39 is 0 Å². The Morgan fingerprint density at radius 1 is 1.23 bits per heavy atom. The molecule has 2 N–H and O–H groups in total. The van der Waals surface area contributed by atoms with Crippen molar-refractivity contribution < 1.29 is 9.59 Å². The lowest BCUT2D eigenvalue weighted by atomic mass is 10.1. The minimum atomic E-state index is -0.306. The molecule has 2 rings (SSSR count). The molecular weight excluding hydrogens is 302 g/mol. The quantitative estimate of drug-likeness (QED) is 0.887. The number of anilines is 1. The van der Waals surface area contributed by atoms with E-state index in [-0.39, 0.29) is 11.8 Å². The summed E-state index contributed by atoms with van der Waals surface area (Å²) in [6.45, 7) is 5.16. The van der Waals surface area contributed by atoms with E-state index in [9.17, 15) is 9.59 Å². The zero-order chi connectivity index (χ0) is 16.1. The van der Waals surface area contributed by atoms with Crippen molar-refractivity contribution in [3.63, 3.8) is 0 Å². The van der Waals surface area contributed by atoms with Crippen molar-refractivity contribution in [2.45, 2.75) is 13.8 Å². The fraction of sp³-hybridized carbons (Fsp3) is 0.250. The maximum Gasteiger partial charge on any atom is 0.272 e. The second-order valence-electron chi connectivity index (χ2n) is 4.74. The number of nitrogens with zero attached hydrogens (tertiary/aromatic N) is 1. The van der Waals surface area contributed by atoms with Gasteiger partial charge in [0.25, 0.3) is 11.8 Å². The van der Waals surface area contributed by atoms with Gasteiger partial charge < -0.3 is 15.2 Å². The van der Waals surface area contributed by atoms with Gasteiger partial charge in [-0.05, 0) is 38.1 Å². The summed E-state index contributed by atoms with van der Waals surface area (Å²) in [7, 11) is 0. The van der Waals surface area contributed by atoms with Crippen molar-refractivity contribution >= 4 is 29.1 Å². The predicted molar refractivity (Wildman–Crippen MR) is 87.4 cm³/mol. The first-order valence-corrected chi connectivity index (χ1v) is 7.47. The molecule has 1 aromatic heterocycles. The van der Waals surface area contributed by atoms with Crippen LogP contribution in [-0.4, -0.2) is 34.8 Å². The average molecular weight is 320 g/mol. The van der Waals surface area contributed by atoms with E-state index >= 15 is 0 Å². The Hall–Kier alpha value is -2.27. The summed E-state index contributed by atoms with van der Waals surface area (Å²) >= 11 is 5.78. The molecule has 0 unspecified atom stereocenters. The first-order chi connectivity index (χ1) is 10.5. The first-order valence-electron chi connectivity index (χ1n) is 7.09. The third-order valence-corrected chi connectivity index (χ3v) is 3.53. The number of aromatic nitrogens is 1. The number of benzene rings is 1. The number of halogens is 1. The van der Waals surface area contributed by atoms with Crippen LogP contribution in [0, 0.1) is 0 Å². The Bertz CT molecular complexity index is 678. The molecule has 22 heavy (non-hydrogen) atoms. The van der Waals surface area contributed by atoms with Crippen molar-refractivity contribution in [2.24, 2.45) is 0 Å². The van der Waals surface area contributed by atoms with Crippen LogP contribution < -0.4 is 5.32 Å². The van der Waals surface area contributed by atoms with Gasteiger partial charge in [0.1, 0.15) is 5.69 Å². The first kappa shape index (κ1) is 16.1. The third kappa shape index (κ3) is 3.68. The summed E-state index contributed by atoms with van der Waals surface area (Å²) in [6.07, 6.45) is 1.54. The molecule has 0 saturated carbocycles. The van der Waals surface area contributed by atoms with Gasteiger partial charge in [0, 0.05) is 30.5 Å². The molecule has 116 valence electrons. The van der Waals surface area contributed by atoms with Crippen LogP contribution >= 0.6 is 11.6 Å². The Balaban J connectivity index is 2.15. The van der Waals surface area contributed by atoms with E-state index in [1.807, 2.05) is 13.8 Å². The Labute approximate surface area is 134 Å². The van der Waals surface area contributed by atoms with Gasteiger partial charge in [-0.25, -0.2) is 0 Å². The molecule has 6 heteroatoms. The highest BCUT2D eigenvalue weighted by atomic mass is 35.5. The molecule has 0 aliphatic heterocycles. The van der Waals surface area contributed by atoms with Gasteiger partial charge in [0.2, 0.25) is 0 Å². The molecule has 0 spiro atoms. The highest BCUT2D eigenvalue weighted by Gasteiger charge is 2.14. The van der Waals surface area contributed by atoms with Crippen LogP contribution in [0.25, 0.3) is 0 Å². The van der Waals surface area contributed by atoms with Crippen LogP contribution in [-0.2, 0) is 0 Å². The number of rotatable bonds is 5. The number of hydrogen-bond donors (Lipinski definition) is 2. The predicted octanol–water partition coefficient (Wildman–Crippen LogP) is 3.40. The fourth-order valence-corrected chi connectivity index (χ4v) is 2.28. The summed E-state index contributed by atoms with van der Waals surface area (Å²) in [5.41, 5.74) is 1.48.